The second-order valence-electron chi connectivity index (χ2n) is 6.36. The molecule has 1 fully saturated rings. The van der Waals surface area contributed by atoms with E-state index >= 15 is 0 Å². The molecular formula is C17H36N2. The van der Waals surface area contributed by atoms with Crippen molar-refractivity contribution in [1.29, 1.82) is 0 Å². The van der Waals surface area contributed by atoms with E-state index < -0.39 is 0 Å². The zero-order valence-corrected chi connectivity index (χ0v) is 13.6. The monoisotopic (exact) mass is 268 g/mol. The molecule has 2 atom stereocenters. The van der Waals surface area contributed by atoms with Crippen LogP contribution in [0.15, 0.2) is 0 Å². The molecule has 2 unspecified atom stereocenters. The third-order valence-corrected chi connectivity index (χ3v) is 4.51. The topological polar surface area (TPSA) is 15.3 Å². The first-order chi connectivity index (χ1) is 9.26. The van der Waals surface area contributed by atoms with Gasteiger partial charge in [-0.1, -0.05) is 46.0 Å². The SMILES string of the molecule is CCCCCCCCN1CCC(C)NC(CC)CC1. The second-order valence-corrected chi connectivity index (χ2v) is 6.36. The number of hydrogen-bond donors (Lipinski definition) is 1. The smallest absolute Gasteiger partial charge is 0.00790 e. The lowest BCUT2D eigenvalue weighted by Gasteiger charge is -2.32. The van der Waals surface area contributed by atoms with Gasteiger partial charge >= 0.3 is 0 Å². The first kappa shape index (κ1) is 17.0. The summed E-state index contributed by atoms with van der Waals surface area (Å²) < 4.78 is 0. The molecule has 1 heterocycles. The summed E-state index contributed by atoms with van der Waals surface area (Å²) in [4.78, 5) is 2.71. The van der Waals surface area contributed by atoms with Gasteiger partial charge in [0.2, 0.25) is 0 Å². The predicted molar refractivity (Wildman–Crippen MR) is 85.7 cm³/mol. The van der Waals surface area contributed by atoms with Gasteiger partial charge < -0.3 is 10.2 Å². The van der Waals surface area contributed by atoms with Gasteiger partial charge in [-0.15, -0.1) is 0 Å². The van der Waals surface area contributed by atoms with Gasteiger partial charge in [-0.05, 0) is 52.2 Å². The van der Waals surface area contributed by atoms with Crippen LogP contribution < -0.4 is 5.32 Å². The molecule has 1 aliphatic rings. The van der Waals surface area contributed by atoms with Crippen molar-refractivity contribution in [3.63, 3.8) is 0 Å². The van der Waals surface area contributed by atoms with E-state index in [0.29, 0.717) is 6.04 Å². The van der Waals surface area contributed by atoms with E-state index in [0.717, 1.165) is 6.04 Å². The normalized spacial score (nSPS) is 26.1. The summed E-state index contributed by atoms with van der Waals surface area (Å²) in [5.74, 6) is 0. The summed E-state index contributed by atoms with van der Waals surface area (Å²) in [6, 6.07) is 1.43. The van der Waals surface area contributed by atoms with Crippen LogP contribution in [0.5, 0.6) is 0 Å². The quantitative estimate of drug-likeness (QED) is 0.664. The highest BCUT2D eigenvalue weighted by Crippen LogP contribution is 2.11. The number of nitrogens with one attached hydrogen (secondary N) is 1. The molecule has 0 aliphatic carbocycles. The molecule has 0 aromatic rings. The summed E-state index contributed by atoms with van der Waals surface area (Å²) >= 11 is 0. The van der Waals surface area contributed by atoms with E-state index in [4.69, 9.17) is 0 Å². The lowest BCUT2D eigenvalue weighted by atomic mass is 10.0. The molecule has 0 aromatic heterocycles. The fourth-order valence-corrected chi connectivity index (χ4v) is 3.06. The Bertz CT molecular complexity index is 205. The van der Waals surface area contributed by atoms with Gasteiger partial charge in [0.1, 0.15) is 0 Å². The lowest BCUT2D eigenvalue weighted by Crippen LogP contribution is -2.44. The van der Waals surface area contributed by atoms with Crippen LogP contribution in [0, 0.1) is 0 Å². The van der Waals surface area contributed by atoms with Crippen LogP contribution in [0.2, 0.25) is 0 Å². The first-order valence-corrected chi connectivity index (χ1v) is 8.74. The minimum Gasteiger partial charge on any atom is -0.311 e. The number of unbranched alkanes of at least 4 members (excludes halogenated alkanes) is 5. The summed E-state index contributed by atoms with van der Waals surface area (Å²) in [6.45, 7) is 10.9. The minimum atomic E-state index is 0.692. The molecule has 1 saturated heterocycles. The molecule has 0 amide bonds. The van der Waals surface area contributed by atoms with Crippen molar-refractivity contribution < 1.29 is 0 Å². The summed E-state index contributed by atoms with van der Waals surface area (Å²) in [5.41, 5.74) is 0. The average molecular weight is 268 g/mol. The maximum absolute atomic E-state index is 3.75. The van der Waals surface area contributed by atoms with Gasteiger partial charge in [0.25, 0.3) is 0 Å². The molecule has 0 spiro atoms. The van der Waals surface area contributed by atoms with Crippen molar-refractivity contribution in [2.45, 2.75) is 90.6 Å². The number of rotatable bonds is 8. The number of nitrogens with zero attached hydrogens (tertiary/aromatic N) is 1. The molecule has 19 heavy (non-hydrogen) atoms. The van der Waals surface area contributed by atoms with Gasteiger partial charge in [-0.3, -0.25) is 0 Å². The molecule has 114 valence electrons. The molecule has 2 nitrogen and oxygen atoms in total. The summed E-state index contributed by atoms with van der Waals surface area (Å²) in [7, 11) is 0. The van der Waals surface area contributed by atoms with Crippen LogP contribution in [0.25, 0.3) is 0 Å². The Kier molecular flexibility index (Phi) is 9.54. The maximum Gasteiger partial charge on any atom is 0.00790 e. The Morgan fingerprint density at radius 3 is 2.37 bits per heavy atom. The molecule has 0 saturated carbocycles. The molecular weight excluding hydrogens is 232 g/mol. The Morgan fingerprint density at radius 1 is 0.947 bits per heavy atom. The van der Waals surface area contributed by atoms with Crippen LogP contribution in [-0.2, 0) is 0 Å². The Labute approximate surface area is 121 Å². The zero-order valence-electron chi connectivity index (χ0n) is 13.6. The van der Waals surface area contributed by atoms with E-state index in [2.05, 4.69) is 31.0 Å². The standard InChI is InChI=1S/C17H36N2/c1-4-6-7-8-9-10-13-19-14-11-16(3)18-17(5-2)12-15-19/h16-18H,4-15H2,1-3H3. The highest BCUT2D eigenvalue weighted by molar-refractivity contribution is 4.76. The van der Waals surface area contributed by atoms with E-state index in [1.54, 1.807) is 0 Å². The molecule has 1 rings (SSSR count). The van der Waals surface area contributed by atoms with E-state index in [9.17, 15) is 0 Å². The van der Waals surface area contributed by atoms with Crippen molar-refractivity contribution in [3.8, 4) is 0 Å². The molecule has 0 bridgehead atoms. The molecule has 1 N–H and O–H groups in total. The Morgan fingerprint density at radius 2 is 1.63 bits per heavy atom. The zero-order chi connectivity index (χ0) is 13.9. The van der Waals surface area contributed by atoms with Crippen LogP contribution >= 0.6 is 0 Å². The fraction of sp³-hybridized carbons (Fsp3) is 1.00. The lowest BCUT2D eigenvalue weighted by molar-refractivity contribution is 0.209. The molecule has 0 radical (unpaired) electrons. The van der Waals surface area contributed by atoms with E-state index in [-0.39, 0.29) is 0 Å². The average Bonchev–Trinajstić information content (AvgIpc) is 2.40. The van der Waals surface area contributed by atoms with Crippen molar-refractivity contribution in [1.82, 2.24) is 10.2 Å². The third-order valence-electron chi connectivity index (χ3n) is 4.51. The predicted octanol–water partition coefficient (Wildman–Crippen LogP) is 4.20. The number of hydrogen-bond acceptors (Lipinski definition) is 2. The minimum absolute atomic E-state index is 0.692. The summed E-state index contributed by atoms with van der Waals surface area (Å²) in [6.07, 6.45) is 12.4. The van der Waals surface area contributed by atoms with Gasteiger partial charge in [0.05, 0.1) is 0 Å². The van der Waals surface area contributed by atoms with Crippen LogP contribution in [-0.4, -0.2) is 36.6 Å². The Hall–Kier alpha value is -0.0800. The van der Waals surface area contributed by atoms with Crippen molar-refractivity contribution >= 4 is 0 Å². The van der Waals surface area contributed by atoms with Crippen LogP contribution in [0.3, 0.4) is 0 Å². The van der Waals surface area contributed by atoms with Gasteiger partial charge in [0, 0.05) is 12.1 Å². The van der Waals surface area contributed by atoms with Crippen molar-refractivity contribution in [2.24, 2.45) is 0 Å². The van der Waals surface area contributed by atoms with E-state index in [1.165, 1.54) is 77.4 Å². The van der Waals surface area contributed by atoms with Crippen molar-refractivity contribution in [2.75, 3.05) is 19.6 Å². The van der Waals surface area contributed by atoms with Gasteiger partial charge in [0.15, 0.2) is 0 Å². The van der Waals surface area contributed by atoms with Crippen LogP contribution in [0.1, 0.15) is 78.6 Å². The molecule has 0 aromatic carbocycles. The van der Waals surface area contributed by atoms with Gasteiger partial charge in [-0.2, -0.15) is 0 Å². The van der Waals surface area contributed by atoms with E-state index in [1.807, 2.05) is 0 Å². The summed E-state index contributed by atoms with van der Waals surface area (Å²) in [5, 5.41) is 3.75. The highest BCUT2D eigenvalue weighted by atomic mass is 15.1. The fourth-order valence-electron chi connectivity index (χ4n) is 3.06. The molecule has 2 heteroatoms. The third kappa shape index (κ3) is 7.94. The van der Waals surface area contributed by atoms with Crippen LogP contribution in [0.4, 0.5) is 0 Å². The highest BCUT2D eigenvalue weighted by Gasteiger charge is 2.16. The van der Waals surface area contributed by atoms with Crippen molar-refractivity contribution in [3.05, 3.63) is 0 Å². The maximum atomic E-state index is 3.75. The van der Waals surface area contributed by atoms with Gasteiger partial charge in [-0.25, -0.2) is 0 Å². The Balaban J connectivity index is 2.14. The largest absolute Gasteiger partial charge is 0.311 e. The molecule has 1 aliphatic heterocycles. The second kappa shape index (κ2) is 10.7. The first-order valence-electron chi connectivity index (χ1n) is 8.74.